The van der Waals surface area contributed by atoms with E-state index >= 15 is 0 Å². The maximum Gasteiger partial charge on any atom is 0.337 e. The van der Waals surface area contributed by atoms with Crippen molar-refractivity contribution < 1.29 is 24.2 Å². The van der Waals surface area contributed by atoms with E-state index in [1.165, 1.54) is 18.2 Å². The van der Waals surface area contributed by atoms with Crippen molar-refractivity contribution in [1.82, 2.24) is 10.0 Å². The predicted molar refractivity (Wildman–Crippen MR) is 125 cm³/mol. The minimum Gasteiger partial charge on any atom is -0.465 e. The summed E-state index contributed by atoms with van der Waals surface area (Å²) in [5.74, 6) is -0.958. The Balaban J connectivity index is 1.92. The lowest BCUT2D eigenvalue weighted by atomic mass is 9.67. The molecule has 0 aliphatic carbocycles. The number of carbonyl (C=O) groups is 3. The van der Waals surface area contributed by atoms with Gasteiger partial charge in [0, 0.05) is 29.1 Å². The first-order valence-corrected chi connectivity index (χ1v) is 11.1. The van der Waals surface area contributed by atoms with E-state index in [1.807, 2.05) is 26.0 Å². The number of hydrogen-bond donors (Lipinski definition) is 1. The van der Waals surface area contributed by atoms with Crippen LogP contribution in [-0.4, -0.2) is 59.5 Å². The van der Waals surface area contributed by atoms with Crippen LogP contribution in [0.5, 0.6) is 0 Å². The standard InChI is InChI=1S/C25H29ClN2O5/c1-17(15-29)28(22(30)18-6-5-7-19(14-18)23(31)33-4)27-13-12-25(32,24(2,3)16-27)20-8-10-21(26)11-9-20/h5-11,14-15,17,32H,12-13,16H2,1-4H3/t17?,25-/m1/s1. The van der Waals surface area contributed by atoms with Gasteiger partial charge in [-0.05, 0) is 49.2 Å². The molecule has 0 radical (unpaired) electrons. The van der Waals surface area contributed by atoms with E-state index in [0.717, 1.165) is 5.56 Å². The zero-order valence-electron chi connectivity index (χ0n) is 19.2. The van der Waals surface area contributed by atoms with E-state index in [4.69, 9.17) is 16.3 Å². The Morgan fingerprint density at radius 2 is 1.82 bits per heavy atom. The van der Waals surface area contributed by atoms with Gasteiger partial charge in [-0.25, -0.2) is 9.80 Å². The zero-order chi connectivity index (χ0) is 24.4. The Morgan fingerprint density at radius 1 is 1.18 bits per heavy atom. The SMILES string of the molecule is COC(=O)c1cccc(C(=O)N(C(C)C=O)N2CC[C@@](O)(c3ccc(Cl)cc3)C(C)(C)C2)c1. The van der Waals surface area contributed by atoms with Crippen molar-refractivity contribution in [3.8, 4) is 0 Å². The number of hydrazine groups is 1. The van der Waals surface area contributed by atoms with Gasteiger partial charge in [-0.2, -0.15) is 0 Å². The first-order valence-electron chi connectivity index (χ1n) is 10.7. The van der Waals surface area contributed by atoms with Crippen LogP contribution in [0.25, 0.3) is 0 Å². The fraction of sp³-hybridized carbons (Fsp3) is 0.400. The second-order valence-electron chi connectivity index (χ2n) is 8.99. The maximum absolute atomic E-state index is 13.5. The average Bonchev–Trinajstić information content (AvgIpc) is 2.81. The first-order chi connectivity index (χ1) is 15.5. The van der Waals surface area contributed by atoms with Crippen molar-refractivity contribution in [1.29, 1.82) is 0 Å². The number of halogens is 1. The minimum atomic E-state index is -1.14. The van der Waals surface area contributed by atoms with Gasteiger partial charge in [-0.15, -0.1) is 0 Å². The van der Waals surface area contributed by atoms with Gasteiger partial charge in [0.25, 0.3) is 5.91 Å². The number of amides is 1. The molecule has 1 unspecified atom stereocenters. The molecule has 2 aromatic carbocycles. The summed E-state index contributed by atoms with van der Waals surface area (Å²) in [6.45, 7) is 6.18. The lowest BCUT2D eigenvalue weighted by Crippen LogP contribution is -2.62. The Labute approximate surface area is 198 Å². The fourth-order valence-corrected chi connectivity index (χ4v) is 4.52. The number of esters is 1. The van der Waals surface area contributed by atoms with Crippen molar-refractivity contribution in [2.75, 3.05) is 20.2 Å². The highest BCUT2D eigenvalue weighted by Gasteiger charge is 2.50. The molecule has 1 amide bonds. The van der Waals surface area contributed by atoms with E-state index in [9.17, 15) is 19.5 Å². The summed E-state index contributed by atoms with van der Waals surface area (Å²) in [4.78, 5) is 37.1. The van der Waals surface area contributed by atoms with Crippen LogP contribution in [0.4, 0.5) is 0 Å². The van der Waals surface area contributed by atoms with Crippen LogP contribution < -0.4 is 0 Å². The lowest BCUT2D eigenvalue weighted by Gasteiger charge is -2.53. The molecule has 0 bridgehead atoms. The van der Waals surface area contributed by atoms with Gasteiger partial charge in [0.1, 0.15) is 12.3 Å². The first kappa shape index (κ1) is 24.9. The van der Waals surface area contributed by atoms with Crippen LogP contribution >= 0.6 is 11.6 Å². The third-order valence-corrected chi connectivity index (χ3v) is 6.63. The number of carbonyl (C=O) groups excluding carboxylic acids is 3. The van der Waals surface area contributed by atoms with Crippen LogP contribution in [-0.2, 0) is 15.1 Å². The molecule has 0 spiro atoms. The third kappa shape index (κ3) is 4.81. The van der Waals surface area contributed by atoms with E-state index < -0.39 is 28.9 Å². The van der Waals surface area contributed by atoms with E-state index in [-0.39, 0.29) is 11.1 Å². The topological polar surface area (TPSA) is 87.2 Å². The summed E-state index contributed by atoms with van der Waals surface area (Å²) in [6, 6.07) is 12.6. The number of methoxy groups -OCH3 is 1. The molecular formula is C25H29ClN2O5. The molecule has 2 atom stereocenters. The lowest BCUT2D eigenvalue weighted by molar-refractivity contribution is -0.170. The molecule has 1 saturated heterocycles. The van der Waals surface area contributed by atoms with Crippen LogP contribution in [0, 0.1) is 5.41 Å². The van der Waals surface area contributed by atoms with Crippen LogP contribution in [0.1, 0.15) is 53.5 Å². The number of nitrogens with zero attached hydrogens (tertiary/aromatic N) is 2. The molecule has 1 heterocycles. The molecule has 0 aromatic heterocycles. The molecule has 7 nitrogen and oxygen atoms in total. The molecule has 33 heavy (non-hydrogen) atoms. The monoisotopic (exact) mass is 472 g/mol. The molecule has 0 saturated carbocycles. The van der Waals surface area contributed by atoms with Gasteiger partial charge in [0.2, 0.25) is 0 Å². The van der Waals surface area contributed by atoms with Crippen molar-refractivity contribution in [3.05, 3.63) is 70.2 Å². The summed E-state index contributed by atoms with van der Waals surface area (Å²) >= 11 is 6.02. The Kier molecular flexibility index (Phi) is 7.26. The minimum absolute atomic E-state index is 0.248. The molecule has 1 N–H and O–H groups in total. The number of piperidine rings is 1. The van der Waals surface area contributed by atoms with Gasteiger partial charge < -0.3 is 14.6 Å². The second kappa shape index (κ2) is 9.63. The van der Waals surface area contributed by atoms with Gasteiger partial charge in [-0.3, -0.25) is 9.80 Å². The maximum atomic E-state index is 13.5. The summed E-state index contributed by atoms with van der Waals surface area (Å²) in [6.07, 6.45) is 1.05. The van der Waals surface area contributed by atoms with Crippen LogP contribution in [0.3, 0.4) is 0 Å². The molecule has 1 aliphatic rings. The Morgan fingerprint density at radius 3 is 2.39 bits per heavy atom. The van der Waals surface area contributed by atoms with Crippen LogP contribution in [0.2, 0.25) is 5.02 Å². The molecule has 176 valence electrons. The number of aldehydes is 1. The normalized spacial score (nSPS) is 21.2. The van der Waals surface area contributed by atoms with Crippen molar-refractivity contribution in [3.63, 3.8) is 0 Å². The summed E-state index contributed by atoms with van der Waals surface area (Å²) in [5, 5.41) is 15.4. The van der Waals surface area contributed by atoms with E-state index in [1.54, 1.807) is 42.3 Å². The Hall–Kier alpha value is -2.74. The largest absolute Gasteiger partial charge is 0.465 e. The molecule has 3 rings (SSSR count). The molecular weight excluding hydrogens is 444 g/mol. The number of ether oxygens (including phenoxy) is 1. The molecule has 1 aliphatic heterocycles. The van der Waals surface area contributed by atoms with Gasteiger partial charge >= 0.3 is 5.97 Å². The summed E-state index contributed by atoms with van der Waals surface area (Å²) in [5.41, 5.74) is -0.531. The van der Waals surface area contributed by atoms with Crippen molar-refractivity contribution in [2.45, 2.75) is 38.8 Å². The number of rotatable bonds is 6. The fourth-order valence-electron chi connectivity index (χ4n) is 4.40. The van der Waals surface area contributed by atoms with Gasteiger partial charge in [0.15, 0.2) is 0 Å². The Bertz CT molecular complexity index is 1040. The zero-order valence-corrected chi connectivity index (χ0v) is 20.0. The molecule has 2 aromatic rings. The molecule has 1 fully saturated rings. The highest BCUT2D eigenvalue weighted by atomic mass is 35.5. The smallest absolute Gasteiger partial charge is 0.337 e. The summed E-state index contributed by atoms with van der Waals surface area (Å²) < 4.78 is 4.75. The average molecular weight is 473 g/mol. The third-order valence-electron chi connectivity index (χ3n) is 6.38. The number of aliphatic hydroxyl groups is 1. The van der Waals surface area contributed by atoms with Crippen molar-refractivity contribution >= 4 is 29.8 Å². The number of hydrogen-bond acceptors (Lipinski definition) is 6. The predicted octanol–water partition coefficient (Wildman–Crippen LogP) is 3.69. The second-order valence-corrected chi connectivity index (χ2v) is 9.42. The summed E-state index contributed by atoms with van der Waals surface area (Å²) in [7, 11) is 1.27. The highest BCUT2D eigenvalue weighted by molar-refractivity contribution is 6.30. The molecule has 8 heteroatoms. The van der Waals surface area contributed by atoms with Crippen molar-refractivity contribution in [2.24, 2.45) is 5.41 Å². The highest BCUT2D eigenvalue weighted by Crippen LogP contribution is 2.46. The van der Waals surface area contributed by atoms with E-state index in [2.05, 4.69) is 0 Å². The number of benzene rings is 2. The van der Waals surface area contributed by atoms with E-state index in [0.29, 0.717) is 30.8 Å². The van der Waals surface area contributed by atoms with Gasteiger partial charge in [-0.1, -0.05) is 43.6 Å². The quantitative estimate of drug-likeness (QED) is 0.509. The van der Waals surface area contributed by atoms with Gasteiger partial charge in [0.05, 0.1) is 18.3 Å². The van der Waals surface area contributed by atoms with Crippen LogP contribution in [0.15, 0.2) is 48.5 Å².